The van der Waals surface area contributed by atoms with Gasteiger partial charge in [-0.05, 0) is 24.1 Å². The molecule has 4 rings (SSSR count). The van der Waals surface area contributed by atoms with Gasteiger partial charge >= 0.3 is 5.97 Å². The van der Waals surface area contributed by atoms with E-state index in [9.17, 15) is 14.7 Å². The van der Waals surface area contributed by atoms with Gasteiger partial charge in [0.15, 0.2) is 0 Å². The maximum atomic E-state index is 12.7. The van der Waals surface area contributed by atoms with Crippen LogP contribution in [0.15, 0.2) is 71.5 Å². The maximum absolute atomic E-state index is 12.7. The minimum absolute atomic E-state index is 0.0580. The zero-order valence-corrected chi connectivity index (χ0v) is 15.5. The van der Waals surface area contributed by atoms with E-state index in [0.717, 1.165) is 21.6 Å². The number of fused-ring (bicyclic) bond motifs is 1. The van der Waals surface area contributed by atoms with Gasteiger partial charge in [0.2, 0.25) is 0 Å². The molecule has 0 atom stereocenters. The van der Waals surface area contributed by atoms with E-state index in [1.54, 1.807) is 4.57 Å². The fourth-order valence-electron chi connectivity index (χ4n) is 3.11. The predicted molar refractivity (Wildman–Crippen MR) is 109 cm³/mol. The van der Waals surface area contributed by atoms with Crippen molar-refractivity contribution in [2.75, 3.05) is 0 Å². The van der Waals surface area contributed by atoms with Crippen LogP contribution >= 0.6 is 11.3 Å². The number of aryl methyl sites for hydroxylation is 1. The Kier molecular flexibility index (Phi) is 4.38. The third-order valence-corrected chi connectivity index (χ3v) is 5.74. The predicted octanol–water partition coefficient (Wildman–Crippen LogP) is 4.78. The molecule has 0 aliphatic rings. The van der Waals surface area contributed by atoms with Crippen molar-refractivity contribution in [2.45, 2.75) is 13.5 Å². The number of hydrogen-bond donors (Lipinski definition) is 1. The van der Waals surface area contributed by atoms with E-state index in [0.29, 0.717) is 16.8 Å². The maximum Gasteiger partial charge on any atom is 0.337 e. The molecule has 0 aliphatic heterocycles. The number of hydrogen-bond acceptors (Lipinski definition) is 3. The van der Waals surface area contributed by atoms with E-state index in [1.807, 2.05) is 67.6 Å². The van der Waals surface area contributed by atoms with Crippen molar-refractivity contribution in [3.8, 4) is 10.4 Å². The standard InChI is InChI=1S/C22H17NO3S/c1-14-7-9-16(10-8-14)19-12-18-21(27-19)17(22(25)26)11-20(24)23(18)13-15-5-3-2-4-6-15/h2-12H,13H2,1H3,(H,25,26). The molecule has 0 saturated heterocycles. The van der Waals surface area contributed by atoms with Crippen LogP contribution in [-0.2, 0) is 6.54 Å². The number of aromatic carboxylic acids is 1. The average Bonchev–Trinajstić information content (AvgIpc) is 3.10. The number of carboxylic acid groups (broad SMARTS) is 1. The quantitative estimate of drug-likeness (QED) is 0.558. The van der Waals surface area contributed by atoms with Crippen LogP contribution in [0.1, 0.15) is 21.5 Å². The van der Waals surface area contributed by atoms with Gasteiger partial charge in [0.05, 0.1) is 22.3 Å². The number of thiophene rings is 1. The molecule has 0 bridgehead atoms. The Labute approximate surface area is 160 Å². The van der Waals surface area contributed by atoms with E-state index in [4.69, 9.17) is 0 Å². The van der Waals surface area contributed by atoms with Crippen LogP contribution in [-0.4, -0.2) is 15.6 Å². The van der Waals surface area contributed by atoms with Gasteiger partial charge in [-0.15, -0.1) is 11.3 Å². The van der Waals surface area contributed by atoms with Gasteiger partial charge in [0.1, 0.15) is 0 Å². The summed E-state index contributed by atoms with van der Waals surface area (Å²) in [5.41, 5.74) is 3.57. The Balaban J connectivity index is 1.94. The van der Waals surface area contributed by atoms with E-state index in [-0.39, 0.29) is 11.1 Å². The molecule has 1 N–H and O–H groups in total. The summed E-state index contributed by atoms with van der Waals surface area (Å²) in [6, 6.07) is 20.9. The first-order valence-corrected chi connectivity index (χ1v) is 9.36. The third-order valence-electron chi connectivity index (χ3n) is 4.53. The number of nitrogens with zero attached hydrogens (tertiary/aromatic N) is 1. The number of benzene rings is 2. The first kappa shape index (κ1) is 17.2. The number of aromatic nitrogens is 1. The lowest BCUT2D eigenvalue weighted by molar-refractivity contribution is 0.0699. The van der Waals surface area contributed by atoms with Gasteiger partial charge in [-0.1, -0.05) is 60.2 Å². The minimum Gasteiger partial charge on any atom is -0.478 e. The van der Waals surface area contributed by atoms with Crippen molar-refractivity contribution in [1.82, 2.24) is 4.57 Å². The molecule has 0 radical (unpaired) electrons. The topological polar surface area (TPSA) is 59.3 Å². The number of rotatable bonds is 4. The van der Waals surface area contributed by atoms with E-state index >= 15 is 0 Å². The highest BCUT2D eigenvalue weighted by Crippen LogP contribution is 2.35. The molecular formula is C22H17NO3S. The molecule has 4 aromatic rings. The van der Waals surface area contributed by atoms with Gasteiger partial charge < -0.3 is 9.67 Å². The Morgan fingerprint density at radius 2 is 1.74 bits per heavy atom. The first-order valence-electron chi connectivity index (χ1n) is 8.54. The normalized spacial score (nSPS) is 11.0. The largest absolute Gasteiger partial charge is 0.478 e. The molecule has 0 amide bonds. The smallest absolute Gasteiger partial charge is 0.337 e. The second kappa shape index (κ2) is 6.85. The lowest BCUT2D eigenvalue weighted by atomic mass is 10.1. The Morgan fingerprint density at radius 3 is 2.41 bits per heavy atom. The first-order chi connectivity index (χ1) is 13.0. The van der Waals surface area contributed by atoms with Crippen LogP contribution in [0.2, 0.25) is 0 Å². The summed E-state index contributed by atoms with van der Waals surface area (Å²) in [6.07, 6.45) is 0. The van der Waals surface area contributed by atoms with Crippen molar-refractivity contribution in [1.29, 1.82) is 0 Å². The summed E-state index contributed by atoms with van der Waals surface area (Å²) in [5.74, 6) is -1.08. The summed E-state index contributed by atoms with van der Waals surface area (Å²) < 4.78 is 2.26. The number of carboxylic acids is 1. The molecule has 2 aromatic heterocycles. The van der Waals surface area contributed by atoms with Crippen molar-refractivity contribution in [2.24, 2.45) is 0 Å². The highest BCUT2D eigenvalue weighted by atomic mass is 32.1. The lowest BCUT2D eigenvalue weighted by Crippen LogP contribution is -2.21. The van der Waals surface area contributed by atoms with Crippen molar-refractivity contribution < 1.29 is 9.90 Å². The fourth-order valence-corrected chi connectivity index (χ4v) is 4.28. The Morgan fingerprint density at radius 1 is 1.04 bits per heavy atom. The number of pyridine rings is 1. The summed E-state index contributed by atoms with van der Waals surface area (Å²) in [5, 5.41) is 9.56. The monoisotopic (exact) mass is 375 g/mol. The van der Waals surface area contributed by atoms with E-state index in [2.05, 4.69) is 0 Å². The van der Waals surface area contributed by atoms with Gasteiger partial charge in [-0.3, -0.25) is 4.79 Å². The van der Waals surface area contributed by atoms with Crippen molar-refractivity contribution in [3.63, 3.8) is 0 Å². The SMILES string of the molecule is Cc1ccc(-c2cc3c(s2)c(C(=O)O)cc(=O)n3Cc2ccccc2)cc1. The highest BCUT2D eigenvalue weighted by Gasteiger charge is 2.18. The van der Waals surface area contributed by atoms with Crippen molar-refractivity contribution >= 4 is 27.5 Å². The van der Waals surface area contributed by atoms with E-state index in [1.165, 1.54) is 17.4 Å². The Bertz CT molecular complexity index is 1190. The molecule has 134 valence electrons. The van der Waals surface area contributed by atoms with Crippen LogP contribution in [0.25, 0.3) is 20.7 Å². The summed E-state index contributed by atoms with van der Waals surface area (Å²) >= 11 is 1.40. The van der Waals surface area contributed by atoms with Gasteiger partial charge in [0.25, 0.3) is 5.56 Å². The van der Waals surface area contributed by atoms with Crippen LogP contribution < -0.4 is 5.56 Å². The van der Waals surface area contributed by atoms with Gasteiger partial charge in [0, 0.05) is 10.9 Å². The van der Waals surface area contributed by atoms with Crippen LogP contribution in [0.5, 0.6) is 0 Å². The lowest BCUT2D eigenvalue weighted by Gasteiger charge is -2.09. The second-order valence-corrected chi connectivity index (χ2v) is 7.52. The second-order valence-electron chi connectivity index (χ2n) is 6.46. The molecule has 27 heavy (non-hydrogen) atoms. The molecule has 0 fully saturated rings. The van der Waals surface area contributed by atoms with Crippen molar-refractivity contribution in [3.05, 3.63) is 93.8 Å². The molecule has 4 nitrogen and oxygen atoms in total. The molecule has 2 heterocycles. The minimum atomic E-state index is -1.08. The molecule has 0 spiro atoms. The van der Waals surface area contributed by atoms with Gasteiger partial charge in [-0.25, -0.2) is 4.79 Å². The molecular weight excluding hydrogens is 358 g/mol. The fraction of sp³-hybridized carbons (Fsp3) is 0.0909. The van der Waals surface area contributed by atoms with Crippen LogP contribution in [0, 0.1) is 6.92 Å². The third kappa shape index (κ3) is 3.29. The molecule has 5 heteroatoms. The summed E-state index contributed by atoms with van der Waals surface area (Å²) in [6.45, 7) is 2.43. The average molecular weight is 375 g/mol. The van der Waals surface area contributed by atoms with E-state index < -0.39 is 5.97 Å². The van der Waals surface area contributed by atoms with Crippen LogP contribution in [0.4, 0.5) is 0 Å². The summed E-state index contributed by atoms with van der Waals surface area (Å²) in [4.78, 5) is 25.3. The Hall–Kier alpha value is -3.18. The molecule has 0 aliphatic carbocycles. The molecule has 0 unspecified atom stereocenters. The highest BCUT2D eigenvalue weighted by molar-refractivity contribution is 7.22. The molecule has 0 saturated carbocycles. The zero-order valence-electron chi connectivity index (χ0n) is 14.7. The zero-order chi connectivity index (χ0) is 19.0. The number of carbonyl (C=O) groups is 1. The summed E-state index contributed by atoms with van der Waals surface area (Å²) in [7, 11) is 0. The molecule has 2 aromatic carbocycles. The van der Waals surface area contributed by atoms with Crippen LogP contribution in [0.3, 0.4) is 0 Å². The van der Waals surface area contributed by atoms with Gasteiger partial charge in [-0.2, -0.15) is 0 Å².